The number of carbonyl (C=O) groups excluding carboxylic acids is 2. The van der Waals surface area contributed by atoms with Crippen molar-refractivity contribution in [2.24, 2.45) is 0 Å². The van der Waals surface area contributed by atoms with Crippen LogP contribution in [0, 0.1) is 0 Å². The van der Waals surface area contributed by atoms with Crippen LogP contribution in [0.3, 0.4) is 0 Å². The number of carbonyl (C=O) groups is 1. The topological polar surface area (TPSA) is 124 Å². The van der Waals surface area contributed by atoms with Crippen molar-refractivity contribution in [2.75, 3.05) is 40.1 Å². The van der Waals surface area contributed by atoms with Crippen LogP contribution in [-0.2, 0) is 19.7 Å². The van der Waals surface area contributed by atoms with Gasteiger partial charge in [-0.3, -0.25) is 0 Å². The van der Waals surface area contributed by atoms with Gasteiger partial charge in [-0.2, -0.15) is 6.07 Å². The number of carboxylic acids is 1. The molecule has 0 atom stereocenters. The molecule has 4 aromatic rings. The average molecular weight is 991 g/mol. The molecule has 0 unspecified atom stereocenters. The number of methoxy groups -OCH3 is 1. The maximum absolute atomic E-state index is 12.5. The Bertz CT molecular complexity index is 1630. The number of halogens is 2. The Labute approximate surface area is 403 Å². The molecule has 0 aromatic heterocycles. The average Bonchev–Trinajstić information content (AvgIpc) is 3.28. The second-order valence-electron chi connectivity index (χ2n) is 9.83. The third-order valence-corrected chi connectivity index (χ3v) is 8.44. The fourth-order valence-electron chi connectivity index (χ4n) is 5.66. The number of hydrogen-bond donors (Lipinski definition) is 0. The van der Waals surface area contributed by atoms with Crippen LogP contribution in [0.1, 0.15) is 45.1 Å². The van der Waals surface area contributed by atoms with Crippen molar-refractivity contribution in [3.05, 3.63) is 115 Å². The van der Waals surface area contributed by atoms with Gasteiger partial charge in [0, 0.05) is 34.0 Å². The van der Waals surface area contributed by atoms with Crippen LogP contribution in [0.25, 0.3) is 11.1 Å². The summed E-state index contributed by atoms with van der Waals surface area (Å²) in [6.45, 7) is 3.53. The van der Waals surface area contributed by atoms with E-state index in [-0.39, 0.29) is 173 Å². The molecule has 230 valence electrons. The largest absolute Gasteiger partial charge is 1.00 e. The monoisotopic (exact) mass is 989 g/mol. The second-order valence-corrected chi connectivity index (χ2v) is 11.7. The second kappa shape index (κ2) is 19.8. The van der Waals surface area contributed by atoms with Crippen molar-refractivity contribution in [1.29, 1.82) is 0 Å². The quantitative estimate of drug-likeness (QED) is 0.116. The summed E-state index contributed by atoms with van der Waals surface area (Å²) >= 11 is 7.29. The third kappa shape index (κ3) is 8.89. The molecule has 8 nitrogen and oxygen atoms in total. The number of rotatable bonds is 13. The van der Waals surface area contributed by atoms with Crippen LogP contribution < -0.4 is 152 Å². The predicted octanol–water partition coefficient (Wildman–Crippen LogP) is -0.332. The first-order valence-corrected chi connectivity index (χ1v) is 15.2. The molecule has 5 rings (SSSR count). The molecule has 0 amide bonds. The van der Waals surface area contributed by atoms with Gasteiger partial charge >= 0.3 is 138 Å². The first-order chi connectivity index (χ1) is 20.8. The van der Waals surface area contributed by atoms with E-state index in [9.17, 15) is 14.7 Å². The molecule has 0 saturated carbocycles. The van der Waals surface area contributed by atoms with Crippen LogP contribution in [0.2, 0.25) is 0 Å². The van der Waals surface area contributed by atoms with Crippen LogP contribution in [-0.4, -0.2) is 57.9 Å². The number of hydrogen-bond acceptors (Lipinski definition) is 8. The van der Waals surface area contributed by atoms with Crippen molar-refractivity contribution < 1.29 is 177 Å². The van der Waals surface area contributed by atoms with E-state index >= 15 is 0 Å². The summed E-state index contributed by atoms with van der Waals surface area (Å²) in [6, 6.07) is 22.6. The van der Waals surface area contributed by atoms with Gasteiger partial charge in [-0.15, -0.1) is 5.56 Å². The van der Waals surface area contributed by atoms with Gasteiger partial charge in [-0.05, 0) is 71.1 Å². The summed E-state index contributed by atoms with van der Waals surface area (Å²) in [6.07, 6.45) is 2.03. The van der Waals surface area contributed by atoms with Crippen LogP contribution >= 0.6 is 31.9 Å². The van der Waals surface area contributed by atoms with Crippen LogP contribution in [0.5, 0.6) is 11.5 Å². The fraction of sp³-hybridized carbons (Fsp3) is 0.235. The first kappa shape index (κ1) is 42.7. The molecule has 1 N–H and O–H groups in total. The third-order valence-electron chi connectivity index (χ3n) is 7.45. The smallest absolute Gasteiger partial charge is 0.870 e. The minimum Gasteiger partial charge on any atom is -0.870 e. The maximum Gasteiger partial charge on any atom is 1.00 e. The first-order valence-electron chi connectivity index (χ1n) is 13.7. The Morgan fingerprint density at radius 3 is 1.87 bits per heavy atom. The van der Waals surface area contributed by atoms with Crippen molar-refractivity contribution in [2.45, 2.75) is 12.3 Å². The zero-order valence-electron chi connectivity index (χ0n) is 26.0. The Morgan fingerprint density at radius 2 is 1.33 bits per heavy atom. The molecule has 4 aromatic carbocycles. The summed E-state index contributed by atoms with van der Waals surface area (Å²) in [4.78, 5) is 24.7. The minimum atomic E-state index is -1.37. The van der Waals surface area contributed by atoms with Gasteiger partial charge in [0.2, 0.25) is 0 Å². The molecule has 12 heteroatoms. The number of benzene rings is 4. The van der Waals surface area contributed by atoms with E-state index in [1.165, 1.54) is 0 Å². The molecule has 1 aliphatic rings. The van der Waals surface area contributed by atoms with Gasteiger partial charge < -0.3 is 39.1 Å². The number of fused-ring (bicyclic) bond motifs is 3. The zero-order valence-corrected chi connectivity index (χ0v) is 41.8. The molecule has 0 fully saturated rings. The molecule has 0 heterocycles. The molecule has 0 saturated heterocycles. The summed E-state index contributed by atoms with van der Waals surface area (Å²) in [5.74, 6) is -0.806. The number of aromatic carboxylic acids is 1. The van der Waals surface area contributed by atoms with Crippen molar-refractivity contribution in [3.63, 3.8) is 0 Å². The number of ether oxygens (including phenoxy) is 4. The van der Waals surface area contributed by atoms with Crippen molar-refractivity contribution in [3.8, 4) is 22.6 Å². The van der Waals surface area contributed by atoms with E-state index in [1.807, 2.05) is 61.7 Å². The zero-order chi connectivity index (χ0) is 30.6. The molecule has 46 heavy (non-hydrogen) atoms. The Kier molecular flexibility index (Phi) is 18.4. The van der Waals surface area contributed by atoms with E-state index in [1.54, 1.807) is 31.4 Å². The molecule has 0 radical (unpaired) electrons. The molecule has 1 aliphatic carbocycles. The predicted molar refractivity (Wildman–Crippen MR) is 170 cm³/mol. The summed E-state index contributed by atoms with van der Waals surface area (Å²) in [5.41, 5.74) is 4.30. The molecule has 0 aliphatic heterocycles. The van der Waals surface area contributed by atoms with E-state index in [4.69, 9.17) is 18.9 Å². The molecule has 0 bridgehead atoms. The van der Waals surface area contributed by atoms with Crippen LogP contribution in [0.4, 0.5) is 0 Å². The Hall–Kier alpha value is 0.564. The molecular weight excluding hydrogens is 962 g/mol. The van der Waals surface area contributed by atoms with Gasteiger partial charge in [-0.25, -0.2) is 0 Å². The van der Waals surface area contributed by atoms with E-state index < -0.39 is 11.4 Å². The van der Waals surface area contributed by atoms with E-state index in [0.29, 0.717) is 31.1 Å². The Balaban J connectivity index is 0.00000245. The van der Waals surface area contributed by atoms with Crippen molar-refractivity contribution >= 4 is 44.1 Å². The summed E-state index contributed by atoms with van der Waals surface area (Å²) in [7, 11) is 1.57. The van der Waals surface area contributed by atoms with Gasteiger partial charge in [0.1, 0.15) is 12.4 Å². The van der Waals surface area contributed by atoms with Gasteiger partial charge in [0.05, 0.1) is 37.5 Å². The summed E-state index contributed by atoms with van der Waals surface area (Å²) in [5, 5.41) is 12.5. The summed E-state index contributed by atoms with van der Waals surface area (Å²) < 4.78 is 23.7. The van der Waals surface area contributed by atoms with E-state index in [2.05, 4.69) is 31.9 Å². The van der Waals surface area contributed by atoms with Gasteiger partial charge in [0.15, 0.2) is 0 Å². The van der Waals surface area contributed by atoms with E-state index in [0.717, 1.165) is 36.8 Å². The molecular formula is C34H29Br2Cs2O8-. The van der Waals surface area contributed by atoms with Gasteiger partial charge in [0.25, 0.3) is 0 Å². The fourth-order valence-corrected chi connectivity index (χ4v) is 6.39. The van der Waals surface area contributed by atoms with Crippen molar-refractivity contribution in [1.82, 2.24) is 0 Å². The molecule has 0 spiro atoms. The SMILES string of the molecule is CCOCCOc1ccc(C2(c3ccc(OCCOC)c([C-]=O)c3)c3cc(Br)ccc3-c3ccc(Br)cc32)cc1C(=O)[O-].[Cs+].[Cs+].[OH-]. The van der Waals surface area contributed by atoms with Gasteiger partial charge in [-0.1, -0.05) is 67.8 Å². The number of carboxylic acid groups (broad SMARTS) is 1. The normalized spacial score (nSPS) is 12.0. The Morgan fingerprint density at radius 1 is 0.783 bits per heavy atom. The standard InChI is InChI=1S/C34H29Br2O7.2Cs.H2O/c1-3-41-13-15-43-32-11-5-23(17-28(32)33(38)39)34(22-4-10-31(21(16-22)20-37)42-14-12-40-2)29-18-24(35)6-8-26(29)27-9-7-25(36)19-30(27)34;;;/h4-11,16-19H,3,12-15H2,1-2H3,(H,38,39);;;1H2/q-1;2*+1;/p-2. The minimum absolute atomic E-state index is 0. The maximum atomic E-state index is 12.5. The van der Waals surface area contributed by atoms with Crippen LogP contribution in [0.15, 0.2) is 81.7 Å².